The first-order valence-corrected chi connectivity index (χ1v) is 10.3. The highest BCUT2D eigenvalue weighted by atomic mass is 32.1. The zero-order valence-corrected chi connectivity index (χ0v) is 16.7. The van der Waals surface area contributed by atoms with Crippen LogP contribution in [0.3, 0.4) is 0 Å². The molecule has 0 saturated carbocycles. The fourth-order valence-electron chi connectivity index (χ4n) is 2.86. The number of aromatic nitrogens is 1. The predicted octanol–water partition coefficient (Wildman–Crippen LogP) is 6.48. The summed E-state index contributed by atoms with van der Waals surface area (Å²) in [4.78, 5) is 17.0. The molecule has 0 radical (unpaired) electrons. The molecule has 0 saturated heterocycles. The van der Waals surface area contributed by atoms with Gasteiger partial charge >= 0.3 is 0 Å². The molecular formula is C21H30N2OS. The van der Waals surface area contributed by atoms with Gasteiger partial charge in [-0.3, -0.25) is 4.79 Å². The quantitative estimate of drug-likeness (QED) is 0.557. The highest BCUT2D eigenvalue weighted by molar-refractivity contribution is 7.14. The second kappa shape index (κ2) is 9.71. The molecule has 25 heavy (non-hydrogen) atoms. The van der Waals surface area contributed by atoms with E-state index in [-0.39, 0.29) is 11.8 Å². The summed E-state index contributed by atoms with van der Waals surface area (Å²) in [7, 11) is 0. The summed E-state index contributed by atoms with van der Waals surface area (Å²) < 4.78 is 0. The molecule has 2 rings (SSSR count). The maximum Gasteiger partial charge on any atom is 0.229 e. The van der Waals surface area contributed by atoms with Gasteiger partial charge in [-0.1, -0.05) is 64.8 Å². The molecule has 0 bridgehead atoms. The van der Waals surface area contributed by atoms with Crippen LogP contribution in [-0.4, -0.2) is 10.9 Å². The third-order valence-corrected chi connectivity index (χ3v) is 5.65. The lowest BCUT2D eigenvalue weighted by Crippen LogP contribution is -2.22. The van der Waals surface area contributed by atoms with E-state index < -0.39 is 0 Å². The van der Waals surface area contributed by atoms with Crippen LogP contribution in [0.2, 0.25) is 0 Å². The SMILES string of the molecule is CCCCC(CC)C(=O)Nc1nc(-c2ccc(C(C)CC)cc2)cs1. The molecule has 3 nitrogen and oxygen atoms in total. The Labute approximate surface area is 155 Å². The van der Waals surface area contributed by atoms with E-state index in [0.29, 0.717) is 11.0 Å². The van der Waals surface area contributed by atoms with Crippen molar-refractivity contribution in [2.45, 2.75) is 65.7 Å². The Bertz CT molecular complexity index is 663. The van der Waals surface area contributed by atoms with Crippen molar-refractivity contribution in [2.75, 3.05) is 5.32 Å². The van der Waals surface area contributed by atoms with Crippen molar-refractivity contribution < 1.29 is 4.79 Å². The molecule has 2 atom stereocenters. The van der Waals surface area contributed by atoms with Crippen LogP contribution in [0.4, 0.5) is 5.13 Å². The van der Waals surface area contributed by atoms with Crippen LogP contribution in [0.1, 0.15) is 71.3 Å². The number of anilines is 1. The third-order valence-electron chi connectivity index (χ3n) is 4.89. The zero-order chi connectivity index (χ0) is 18.2. The molecule has 0 fully saturated rings. The summed E-state index contributed by atoms with van der Waals surface area (Å²) in [5, 5.41) is 5.71. The predicted molar refractivity (Wildman–Crippen MR) is 108 cm³/mol. The van der Waals surface area contributed by atoms with Crippen molar-refractivity contribution >= 4 is 22.4 Å². The van der Waals surface area contributed by atoms with E-state index in [1.54, 1.807) is 0 Å². The first-order chi connectivity index (χ1) is 12.1. The Morgan fingerprint density at radius 1 is 1.16 bits per heavy atom. The standard InChI is InChI=1S/C21H30N2OS/c1-5-8-9-16(7-3)20(24)23-21-22-19(14-25-21)18-12-10-17(11-13-18)15(4)6-2/h10-16H,5-9H2,1-4H3,(H,22,23,24). The van der Waals surface area contributed by atoms with E-state index in [1.165, 1.54) is 16.9 Å². The average molecular weight is 359 g/mol. The van der Waals surface area contributed by atoms with E-state index in [9.17, 15) is 4.79 Å². The average Bonchev–Trinajstić information content (AvgIpc) is 3.10. The Morgan fingerprint density at radius 2 is 1.88 bits per heavy atom. The summed E-state index contributed by atoms with van der Waals surface area (Å²) in [6.07, 6.45) is 5.19. The molecule has 1 aromatic carbocycles. The number of benzene rings is 1. The Balaban J connectivity index is 2.03. The summed E-state index contributed by atoms with van der Waals surface area (Å²) in [5.74, 6) is 0.763. The smallest absolute Gasteiger partial charge is 0.229 e. The van der Waals surface area contributed by atoms with Crippen LogP contribution >= 0.6 is 11.3 Å². The molecule has 4 heteroatoms. The van der Waals surface area contributed by atoms with Crippen molar-refractivity contribution in [3.8, 4) is 11.3 Å². The molecule has 136 valence electrons. The first kappa shape index (κ1) is 19.6. The zero-order valence-electron chi connectivity index (χ0n) is 15.8. The fourth-order valence-corrected chi connectivity index (χ4v) is 3.58. The highest BCUT2D eigenvalue weighted by Gasteiger charge is 2.17. The second-order valence-corrected chi connectivity index (χ2v) is 7.56. The van der Waals surface area contributed by atoms with Gasteiger partial charge in [-0.2, -0.15) is 0 Å². The number of rotatable bonds is 9. The number of hydrogen-bond donors (Lipinski definition) is 1. The van der Waals surface area contributed by atoms with E-state index >= 15 is 0 Å². The second-order valence-electron chi connectivity index (χ2n) is 6.71. The van der Waals surface area contributed by atoms with Gasteiger partial charge in [0.1, 0.15) is 0 Å². The van der Waals surface area contributed by atoms with Crippen LogP contribution in [-0.2, 0) is 4.79 Å². The number of amides is 1. The van der Waals surface area contributed by atoms with Gasteiger partial charge < -0.3 is 5.32 Å². The molecule has 0 aliphatic heterocycles. The van der Waals surface area contributed by atoms with Gasteiger partial charge in [0.25, 0.3) is 0 Å². The van der Waals surface area contributed by atoms with Gasteiger partial charge in [-0.05, 0) is 30.7 Å². The van der Waals surface area contributed by atoms with Crippen LogP contribution in [0.5, 0.6) is 0 Å². The minimum Gasteiger partial charge on any atom is -0.302 e. The van der Waals surface area contributed by atoms with Crippen LogP contribution in [0, 0.1) is 5.92 Å². The number of unbranched alkanes of at least 4 members (excludes halogenated alkanes) is 1. The lowest BCUT2D eigenvalue weighted by molar-refractivity contribution is -0.120. The summed E-state index contributed by atoms with van der Waals surface area (Å²) in [5.41, 5.74) is 3.39. The van der Waals surface area contributed by atoms with Gasteiger partial charge in [0.15, 0.2) is 5.13 Å². The Hall–Kier alpha value is -1.68. The van der Waals surface area contributed by atoms with Gasteiger partial charge in [0.2, 0.25) is 5.91 Å². The van der Waals surface area contributed by atoms with Crippen LogP contribution in [0.25, 0.3) is 11.3 Å². The first-order valence-electron chi connectivity index (χ1n) is 9.45. The topological polar surface area (TPSA) is 42.0 Å². The van der Waals surface area contributed by atoms with Crippen molar-refractivity contribution in [1.29, 1.82) is 0 Å². The largest absolute Gasteiger partial charge is 0.302 e. The minimum atomic E-state index is 0.0853. The summed E-state index contributed by atoms with van der Waals surface area (Å²) in [6.45, 7) is 8.68. The van der Waals surface area contributed by atoms with E-state index in [2.05, 4.69) is 62.3 Å². The number of carbonyl (C=O) groups is 1. The molecule has 1 N–H and O–H groups in total. The van der Waals surface area contributed by atoms with Gasteiger partial charge in [-0.25, -0.2) is 4.98 Å². The Morgan fingerprint density at radius 3 is 2.48 bits per heavy atom. The normalized spacial score (nSPS) is 13.4. The van der Waals surface area contributed by atoms with Crippen molar-refractivity contribution in [2.24, 2.45) is 5.92 Å². The van der Waals surface area contributed by atoms with Gasteiger partial charge in [-0.15, -0.1) is 11.3 Å². The molecule has 2 aromatic rings. The number of hydrogen-bond acceptors (Lipinski definition) is 3. The van der Waals surface area contributed by atoms with E-state index in [1.807, 2.05) is 5.38 Å². The monoisotopic (exact) mass is 358 g/mol. The van der Waals surface area contributed by atoms with Gasteiger partial charge in [0.05, 0.1) is 5.69 Å². The summed E-state index contributed by atoms with van der Waals surface area (Å²) in [6, 6.07) is 8.61. The fraction of sp³-hybridized carbons (Fsp3) is 0.524. The molecule has 2 unspecified atom stereocenters. The molecule has 1 aromatic heterocycles. The van der Waals surface area contributed by atoms with Crippen molar-refractivity contribution in [3.63, 3.8) is 0 Å². The molecule has 0 spiro atoms. The highest BCUT2D eigenvalue weighted by Crippen LogP contribution is 2.28. The summed E-state index contributed by atoms with van der Waals surface area (Å²) >= 11 is 1.50. The number of nitrogens with zero attached hydrogens (tertiary/aromatic N) is 1. The lowest BCUT2D eigenvalue weighted by atomic mass is 9.97. The Kier molecular flexibility index (Phi) is 7.63. The van der Waals surface area contributed by atoms with E-state index in [4.69, 9.17) is 0 Å². The van der Waals surface area contributed by atoms with Crippen LogP contribution < -0.4 is 5.32 Å². The number of thiazole rings is 1. The minimum absolute atomic E-state index is 0.0853. The number of carbonyl (C=O) groups excluding carboxylic acids is 1. The van der Waals surface area contributed by atoms with E-state index in [0.717, 1.165) is 43.4 Å². The molecule has 1 amide bonds. The maximum atomic E-state index is 12.4. The maximum absolute atomic E-state index is 12.4. The van der Waals surface area contributed by atoms with Gasteiger partial charge in [0, 0.05) is 16.9 Å². The van der Waals surface area contributed by atoms with Crippen molar-refractivity contribution in [3.05, 3.63) is 35.2 Å². The van der Waals surface area contributed by atoms with Crippen molar-refractivity contribution in [1.82, 2.24) is 4.98 Å². The molecule has 0 aliphatic carbocycles. The number of nitrogens with one attached hydrogen (secondary N) is 1. The molecular weight excluding hydrogens is 328 g/mol. The third kappa shape index (κ3) is 5.40. The lowest BCUT2D eigenvalue weighted by Gasteiger charge is -2.12. The molecule has 1 heterocycles. The van der Waals surface area contributed by atoms with Crippen LogP contribution in [0.15, 0.2) is 29.6 Å². The molecule has 0 aliphatic rings.